The minimum Gasteiger partial charge on any atom is -0.496 e. The Balaban J connectivity index is 2.99. The third-order valence-corrected chi connectivity index (χ3v) is 4.29. The molecule has 0 N–H and O–H groups in total. The molecule has 0 radical (unpaired) electrons. The molecule has 0 aliphatic rings. The number of aryl methyl sites for hydroxylation is 1. The van der Waals surface area contributed by atoms with Gasteiger partial charge in [-0.05, 0) is 26.7 Å². The van der Waals surface area contributed by atoms with Gasteiger partial charge in [-0.1, -0.05) is 29.8 Å². The number of halogens is 1. The number of alkyl halides is 1. The lowest BCUT2D eigenvalue weighted by molar-refractivity contribution is 0.186. The van der Waals surface area contributed by atoms with E-state index in [4.69, 9.17) is 4.74 Å². The summed E-state index contributed by atoms with van der Waals surface area (Å²) in [6.45, 7) is 10.6. The van der Waals surface area contributed by atoms with Crippen molar-refractivity contribution in [2.45, 2.75) is 53.1 Å². The first-order valence-corrected chi connectivity index (χ1v) is 8.50. The number of aromatic nitrogens is 1. The molecule has 0 fully saturated rings. The lowest BCUT2D eigenvalue weighted by Gasteiger charge is -2.30. The molecule has 20 heavy (non-hydrogen) atoms. The molecule has 0 aliphatic heterocycles. The average molecular weight is 343 g/mol. The molecule has 4 heteroatoms. The summed E-state index contributed by atoms with van der Waals surface area (Å²) in [6, 6.07) is 0.612. The van der Waals surface area contributed by atoms with E-state index in [-0.39, 0.29) is 0 Å². The van der Waals surface area contributed by atoms with Crippen LogP contribution in [0.3, 0.4) is 0 Å². The van der Waals surface area contributed by atoms with Crippen LogP contribution >= 0.6 is 15.9 Å². The molecule has 1 aromatic rings. The fourth-order valence-electron chi connectivity index (χ4n) is 2.73. The summed E-state index contributed by atoms with van der Waals surface area (Å²) in [7, 11) is 1.73. The number of hydrogen-bond acceptors (Lipinski definition) is 3. The molecule has 114 valence electrons. The van der Waals surface area contributed by atoms with Crippen LogP contribution in [0.1, 0.15) is 43.5 Å². The molecular formula is C16H27BrN2O. The summed E-state index contributed by atoms with van der Waals surface area (Å²) in [5, 5.41) is 0.992. The third kappa shape index (κ3) is 4.19. The second kappa shape index (κ2) is 8.63. The van der Waals surface area contributed by atoms with Gasteiger partial charge in [0.2, 0.25) is 0 Å². The predicted molar refractivity (Wildman–Crippen MR) is 88.8 cm³/mol. The van der Waals surface area contributed by atoms with Gasteiger partial charge in [-0.25, -0.2) is 0 Å². The van der Waals surface area contributed by atoms with Crippen LogP contribution in [0, 0.1) is 13.8 Å². The Hall–Kier alpha value is -0.610. The van der Waals surface area contributed by atoms with E-state index in [2.05, 4.69) is 46.6 Å². The number of ether oxygens (including phenoxy) is 1. The smallest absolute Gasteiger partial charge is 0.128 e. The van der Waals surface area contributed by atoms with Gasteiger partial charge in [0.15, 0.2) is 0 Å². The molecule has 0 atom stereocenters. The highest BCUT2D eigenvalue weighted by Gasteiger charge is 2.18. The second-order valence-electron chi connectivity index (χ2n) is 5.18. The maximum absolute atomic E-state index is 5.50. The first-order chi connectivity index (χ1) is 9.58. The van der Waals surface area contributed by atoms with Crippen LogP contribution in [0.4, 0.5) is 0 Å². The van der Waals surface area contributed by atoms with Crippen molar-refractivity contribution in [3.8, 4) is 5.75 Å². The van der Waals surface area contributed by atoms with Crippen LogP contribution in [0.5, 0.6) is 5.75 Å². The Kier molecular flexibility index (Phi) is 7.52. The molecule has 3 nitrogen and oxygen atoms in total. The molecular weight excluding hydrogens is 316 g/mol. The molecule has 1 heterocycles. The summed E-state index contributed by atoms with van der Waals surface area (Å²) in [4.78, 5) is 7.14. The summed E-state index contributed by atoms with van der Waals surface area (Å²) < 4.78 is 5.50. The van der Waals surface area contributed by atoms with E-state index in [1.54, 1.807) is 7.11 Å². The van der Waals surface area contributed by atoms with E-state index < -0.39 is 0 Å². The molecule has 0 amide bonds. The van der Waals surface area contributed by atoms with Gasteiger partial charge in [0.1, 0.15) is 5.75 Å². The highest BCUT2D eigenvalue weighted by molar-refractivity contribution is 9.09. The van der Waals surface area contributed by atoms with E-state index in [1.165, 1.54) is 12.8 Å². The molecule has 0 aromatic carbocycles. The van der Waals surface area contributed by atoms with Crippen molar-refractivity contribution < 1.29 is 4.74 Å². The molecule has 0 aliphatic carbocycles. The van der Waals surface area contributed by atoms with Crippen molar-refractivity contribution in [1.29, 1.82) is 0 Å². The van der Waals surface area contributed by atoms with E-state index >= 15 is 0 Å². The van der Waals surface area contributed by atoms with Gasteiger partial charge >= 0.3 is 0 Å². The van der Waals surface area contributed by atoms with Gasteiger partial charge in [-0.15, -0.1) is 0 Å². The number of pyridine rings is 1. The van der Waals surface area contributed by atoms with Crippen LogP contribution in [0.2, 0.25) is 0 Å². The van der Waals surface area contributed by atoms with E-state index in [1.807, 2.05) is 13.1 Å². The highest BCUT2D eigenvalue weighted by Crippen LogP contribution is 2.25. The molecule has 0 unspecified atom stereocenters. The monoisotopic (exact) mass is 342 g/mol. The van der Waals surface area contributed by atoms with Crippen LogP contribution < -0.4 is 4.74 Å². The fourth-order valence-corrected chi connectivity index (χ4v) is 3.18. The van der Waals surface area contributed by atoms with Crippen LogP contribution in [-0.2, 0) is 6.54 Å². The summed E-state index contributed by atoms with van der Waals surface area (Å²) in [6.07, 6.45) is 4.26. The lowest BCUT2D eigenvalue weighted by atomic mass is 10.1. The van der Waals surface area contributed by atoms with Gasteiger partial charge in [0.25, 0.3) is 0 Å². The Morgan fingerprint density at radius 1 is 1.30 bits per heavy atom. The third-order valence-electron chi connectivity index (χ3n) is 3.93. The topological polar surface area (TPSA) is 25.4 Å². The Morgan fingerprint density at radius 2 is 1.95 bits per heavy atom. The molecule has 1 rings (SSSR count). The van der Waals surface area contributed by atoms with Crippen molar-refractivity contribution in [2.24, 2.45) is 0 Å². The van der Waals surface area contributed by atoms with Crippen LogP contribution in [0.15, 0.2) is 6.20 Å². The van der Waals surface area contributed by atoms with Crippen molar-refractivity contribution in [3.05, 3.63) is 23.0 Å². The number of rotatable bonds is 8. The Bertz CT molecular complexity index is 419. The second-order valence-corrected chi connectivity index (χ2v) is 5.97. The Labute approximate surface area is 131 Å². The lowest BCUT2D eigenvalue weighted by Crippen LogP contribution is -2.36. The first kappa shape index (κ1) is 17.4. The zero-order valence-corrected chi connectivity index (χ0v) is 15.0. The zero-order valence-electron chi connectivity index (χ0n) is 13.4. The standard InChI is InChI=1S/C16H27BrN2O/c1-6-14(7-2)19(9-8-17)11-15-13(4)16(20-5)12(3)10-18-15/h10,14H,6-9,11H2,1-5H3. The zero-order chi connectivity index (χ0) is 15.1. The van der Waals surface area contributed by atoms with Crippen LogP contribution in [0.25, 0.3) is 0 Å². The summed E-state index contributed by atoms with van der Waals surface area (Å²) >= 11 is 3.56. The molecule has 1 aromatic heterocycles. The van der Waals surface area contributed by atoms with Crippen molar-refractivity contribution in [3.63, 3.8) is 0 Å². The van der Waals surface area contributed by atoms with Crippen molar-refractivity contribution >= 4 is 15.9 Å². The summed E-state index contributed by atoms with van der Waals surface area (Å²) in [5.41, 5.74) is 3.39. The highest BCUT2D eigenvalue weighted by atomic mass is 79.9. The van der Waals surface area contributed by atoms with E-state index in [0.29, 0.717) is 6.04 Å². The minimum atomic E-state index is 0.612. The van der Waals surface area contributed by atoms with Crippen molar-refractivity contribution in [2.75, 3.05) is 19.0 Å². The van der Waals surface area contributed by atoms with Gasteiger partial charge in [0.05, 0.1) is 12.8 Å². The minimum absolute atomic E-state index is 0.612. The SMILES string of the molecule is CCC(CC)N(CCBr)Cc1ncc(C)c(OC)c1C. The van der Waals surface area contributed by atoms with E-state index in [9.17, 15) is 0 Å². The van der Waals surface area contributed by atoms with Crippen molar-refractivity contribution in [1.82, 2.24) is 9.88 Å². The molecule has 0 saturated carbocycles. The normalized spacial score (nSPS) is 11.4. The quantitative estimate of drug-likeness (QED) is 0.665. The average Bonchev–Trinajstić information content (AvgIpc) is 2.44. The van der Waals surface area contributed by atoms with Gasteiger partial charge < -0.3 is 4.74 Å². The maximum Gasteiger partial charge on any atom is 0.128 e. The van der Waals surface area contributed by atoms with Gasteiger partial charge in [-0.3, -0.25) is 9.88 Å². The fraction of sp³-hybridized carbons (Fsp3) is 0.688. The van der Waals surface area contributed by atoms with Gasteiger partial charge in [-0.2, -0.15) is 0 Å². The largest absolute Gasteiger partial charge is 0.496 e. The molecule has 0 bridgehead atoms. The Morgan fingerprint density at radius 3 is 2.45 bits per heavy atom. The summed E-state index contributed by atoms with van der Waals surface area (Å²) in [5.74, 6) is 0.971. The maximum atomic E-state index is 5.50. The van der Waals surface area contributed by atoms with E-state index in [0.717, 1.165) is 41.0 Å². The molecule has 0 spiro atoms. The molecule has 0 saturated heterocycles. The van der Waals surface area contributed by atoms with Gasteiger partial charge in [0, 0.05) is 41.8 Å². The number of methoxy groups -OCH3 is 1. The first-order valence-electron chi connectivity index (χ1n) is 7.38. The van der Waals surface area contributed by atoms with Crippen LogP contribution in [-0.4, -0.2) is 34.9 Å². The predicted octanol–water partition coefficient (Wildman–Crippen LogP) is 4.09. The number of nitrogens with zero attached hydrogens (tertiary/aromatic N) is 2. The number of hydrogen-bond donors (Lipinski definition) is 0.